The lowest BCUT2D eigenvalue weighted by Gasteiger charge is -2.24. The normalized spacial score (nSPS) is 11.9. The first-order chi connectivity index (χ1) is 9.62. The maximum atomic E-state index is 4.79. The lowest BCUT2D eigenvalue weighted by atomic mass is 9.91. The first-order valence-electron chi connectivity index (χ1n) is 6.49. The molecule has 0 aliphatic heterocycles. The van der Waals surface area contributed by atoms with Crippen LogP contribution in [0.25, 0.3) is 0 Å². The van der Waals surface area contributed by atoms with Gasteiger partial charge in [-0.1, -0.05) is 25.1 Å². The molecule has 0 spiro atoms. The van der Waals surface area contributed by atoms with E-state index in [1.54, 1.807) is 24.6 Å². The Hall–Kier alpha value is -1.09. The van der Waals surface area contributed by atoms with Gasteiger partial charge >= 0.3 is 0 Å². The number of hydrogen-bond donors (Lipinski definition) is 2. The lowest BCUT2D eigenvalue weighted by Crippen LogP contribution is -2.43. The molecule has 0 unspecified atom stereocenters. The van der Waals surface area contributed by atoms with Crippen LogP contribution in [0.2, 0.25) is 0 Å². The molecule has 0 fully saturated rings. The Morgan fingerprint density at radius 2 is 2.19 bits per heavy atom. The van der Waals surface area contributed by atoms with Gasteiger partial charge in [0.1, 0.15) is 12.0 Å². The third-order valence-electron chi connectivity index (χ3n) is 3.04. The molecule has 2 N–H and O–H groups in total. The van der Waals surface area contributed by atoms with Crippen molar-refractivity contribution in [2.24, 2.45) is 4.99 Å². The standard InChI is InChI=1S/C14H20N4OS.HI/c1-14(2,12-5-4-8-20-12)10-17-13(15-3)16-9-11-6-7-19-18-11;/h4-8H,9-10H2,1-3H3,(H2,15,16,17);1H. The van der Waals surface area contributed by atoms with Crippen LogP contribution in [0.4, 0.5) is 0 Å². The van der Waals surface area contributed by atoms with Crippen LogP contribution < -0.4 is 10.6 Å². The molecule has 0 saturated carbocycles. The molecular weight excluding hydrogens is 399 g/mol. The summed E-state index contributed by atoms with van der Waals surface area (Å²) in [6, 6.07) is 6.08. The predicted molar refractivity (Wildman–Crippen MR) is 97.5 cm³/mol. The minimum Gasteiger partial charge on any atom is -0.364 e. The summed E-state index contributed by atoms with van der Waals surface area (Å²) in [6.07, 6.45) is 1.56. The maximum Gasteiger partial charge on any atom is 0.191 e. The summed E-state index contributed by atoms with van der Waals surface area (Å²) < 4.78 is 4.79. The van der Waals surface area contributed by atoms with Gasteiger partial charge in [0, 0.05) is 30.0 Å². The van der Waals surface area contributed by atoms with Crippen molar-refractivity contribution in [2.75, 3.05) is 13.6 Å². The zero-order valence-electron chi connectivity index (χ0n) is 12.4. The Labute approximate surface area is 146 Å². The number of rotatable bonds is 5. The summed E-state index contributed by atoms with van der Waals surface area (Å²) in [5.41, 5.74) is 0.921. The van der Waals surface area contributed by atoms with Gasteiger partial charge in [-0.2, -0.15) is 0 Å². The van der Waals surface area contributed by atoms with E-state index >= 15 is 0 Å². The average Bonchev–Trinajstić information content (AvgIpc) is 3.12. The highest BCUT2D eigenvalue weighted by atomic mass is 127. The molecular formula is C14H21IN4OS. The van der Waals surface area contributed by atoms with Gasteiger partial charge in [0.2, 0.25) is 0 Å². The number of guanidine groups is 1. The van der Waals surface area contributed by atoms with Crippen molar-refractivity contribution >= 4 is 41.3 Å². The van der Waals surface area contributed by atoms with Gasteiger partial charge in [-0.3, -0.25) is 4.99 Å². The molecule has 2 aromatic rings. The summed E-state index contributed by atoms with van der Waals surface area (Å²) in [7, 11) is 1.76. The Morgan fingerprint density at radius 3 is 2.76 bits per heavy atom. The molecule has 0 radical (unpaired) electrons. The van der Waals surface area contributed by atoms with Crippen molar-refractivity contribution in [1.29, 1.82) is 0 Å². The second-order valence-electron chi connectivity index (χ2n) is 5.13. The minimum absolute atomic E-state index is 0. The van der Waals surface area contributed by atoms with E-state index in [9.17, 15) is 0 Å². The van der Waals surface area contributed by atoms with E-state index in [1.165, 1.54) is 4.88 Å². The van der Waals surface area contributed by atoms with Crippen molar-refractivity contribution < 1.29 is 4.52 Å². The highest BCUT2D eigenvalue weighted by molar-refractivity contribution is 14.0. The second kappa shape index (κ2) is 8.38. The molecule has 116 valence electrons. The van der Waals surface area contributed by atoms with Crippen molar-refractivity contribution in [3.8, 4) is 0 Å². The predicted octanol–water partition coefficient (Wildman–Crippen LogP) is 3.00. The van der Waals surface area contributed by atoms with Crippen LogP contribution in [-0.4, -0.2) is 24.7 Å². The molecule has 0 saturated heterocycles. The van der Waals surface area contributed by atoms with Gasteiger partial charge in [0.25, 0.3) is 0 Å². The second-order valence-corrected chi connectivity index (χ2v) is 6.08. The Bertz CT molecular complexity index is 537. The van der Waals surface area contributed by atoms with Gasteiger partial charge < -0.3 is 15.2 Å². The number of aliphatic imine (C=N–C) groups is 1. The highest BCUT2D eigenvalue weighted by Crippen LogP contribution is 2.26. The van der Waals surface area contributed by atoms with Crippen LogP contribution in [-0.2, 0) is 12.0 Å². The summed E-state index contributed by atoms with van der Waals surface area (Å²) in [4.78, 5) is 5.57. The fraction of sp³-hybridized carbons (Fsp3) is 0.429. The van der Waals surface area contributed by atoms with Crippen LogP contribution >= 0.6 is 35.3 Å². The molecule has 0 bridgehead atoms. The first-order valence-corrected chi connectivity index (χ1v) is 7.37. The van der Waals surface area contributed by atoms with E-state index in [0.29, 0.717) is 6.54 Å². The minimum atomic E-state index is 0. The molecule has 21 heavy (non-hydrogen) atoms. The van der Waals surface area contributed by atoms with E-state index < -0.39 is 0 Å². The van der Waals surface area contributed by atoms with E-state index in [-0.39, 0.29) is 29.4 Å². The molecule has 2 aromatic heterocycles. The van der Waals surface area contributed by atoms with E-state index in [0.717, 1.165) is 18.2 Å². The van der Waals surface area contributed by atoms with Gasteiger partial charge in [-0.25, -0.2) is 0 Å². The Kier molecular flexibility index (Phi) is 7.16. The Balaban J connectivity index is 0.00000220. The molecule has 0 aromatic carbocycles. The van der Waals surface area contributed by atoms with Crippen LogP contribution in [0.1, 0.15) is 24.4 Å². The monoisotopic (exact) mass is 420 g/mol. The number of thiophene rings is 1. The zero-order chi connectivity index (χ0) is 14.4. The smallest absolute Gasteiger partial charge is 0.191 e. The molecule has 2 heterocycles. The summed E-state index contributed by atoms with van der Waals surface area (Å²) in [6.45, 7) is 5.84. The van der Waals surface area contributed by atoms with Crippen LogP contribution in [0.5, 0.6) is 0 Å². The van der Waals surface area contributed by atoms with Crippen molar-refractivity contribution in [3.63, 3.8) is 0 Å². The highest BCUT2D eigenvalue weighted by Gasteiger charge is 2.21. The van der Waals surface area contributed by atoms with Crippen molar-refractivity contribution in [1.82, 2.24) is 15.8 Å². The molecule has 0 atom stereocenters. The molecule has 5 nitrogen and oxygen atoms in total. The van der Waals surface area contributed by atoms with Crippen molar-refractivity contribution in [2.45, 2.75) is 25.8 Å². The number of nitrogens with one attached hydrogen (secondary N) is 2. The number of nitrogens with zero attached hydrogens (tertiary/aromatic N) is 2. The molecule has 0 aliphatic rings. The largest absolute Gasteiger partial charge is 0.364 e. The van der Waals surface area contributed by atoms with Crippen LogP contribution in [0.15, 0.2) is 39.4 Å². The molecule has 2 rings (SSSR count). The van der Waals surface area contributed by atoms with Crippen LogP contribution in [0.3, 0.4) is 0 Å². The summed E-state index contributed by atoms with van der Waals surface area (Å²) in [5, 5.41) is 12.5. The number of hydrogen-bond acceptors (Lipinski definition) is 4. The van der Waals surface area contributed by atoms with Crippen molar-refractivity contribution in [3.05, 3.63) is 40.4 Å². The summed E-state index contributed by atoms with van der Waals surface area (Å²) in [5.74, 6) is 0.762. The first kappa shape index (κ1) is 18.0. The van der Waals surface area contributed by atoms with Crippen LogP contribution in [0, 0.1) is 0 Å². The van der Waals surface area contributed by atoms with Gasteiger partial charge in [-0.05, 0) is 11.4 Å². The van der Waals surface area contributed by atoms with Gasteiger partial charge in [-0.15, -0.1) is 35.3 Å². The Morgan fingerprint density at radius 1 is 1.38 bits per heavy atom. The third kappa shape index (κ3) is 5.31. The van der Waals surface area contributed by atoms with E-state index in [1.807, 2.05) is 6.07 Å². The lowest BCUT2D eigenvalue weighted by molar-refractivity contribution is 0.410. The topological polar surface area (TPSA) is 62.5 Å². The summed E-state index contributed by atoms with van der Waals surface area (Å²) >= 11 is 1.78. The number of halogens is 1. The van der Waals surface area contributed by atoms with E-state index in [2.05, 4.69) is 52.1 Å². The third-order valence-corrected chi connectivity index (χ3v) is 4.27. The fourth-order valence-corrected chi connectivity index (χ4v) is 2.63. The maximum absolute atomic E-state index is 4.79. The quantitative estimate of drug-likeness (QED) is 0.444. The van der Waals surface area contributed by atoms with Gasteiger partial charge in [0.15, 0.2) is 5.96 Å². The van der Waals surface area contributed by atoms with Gasteiger partial charge in [0.05, 0.1) is 6.54 Å². The average molecular weight is 420 g/mol. The number of aromatic nitrogens is 1. The van der Waals surface area contributed by atoms with E-state index in [4.69, 9.17) is 4.52 Å². The molecule has 0 amide bonds. The SMILES string of the molecule is CN=C(NCc1ccon1)NCC(C)(C)c1cccs1.I. The molecule has 0 aliphatic carbocycles. The zero-order valence-corrected chi connectivity index (χ0v) is 15.6. The fourth-order valence-electron chi connectivity index (χ4n) is 1.78. The molecule has 7 heteroatoms.